The second-order valence-corrected chi connectivity index (χ2v) is 3.57. The van der Waals surface area contributed by atoms with Gasteiger partial charge in [0.05, 0.1) is 0 Å². The summed E-state index contributed by atoms with van der Waals surface area (Å²) in [6, 6.07) is 0. The summed E-state index contributed by atoms with van der Waals surface area (Å²) in [4.78, 5) is 58.4. The van der Waals surface area contributed by atoms with Gasteiger partial charge in [-0.3, -0.25) is 9.59 Å². The van der Waals surface area contributed by atoms with Gasteiger partial charge in [0.1, 0.15) is 0 Å². The molecular weight excluding hydrogens is 391 g/mol. The normalized spacial score (nSPS) is 8.96. The molecule has 0 fully saturated rings. The Balaban J connectivity index is -0.000000133. The number of carbonyl (C=O) groups excluding carboxylic acids is 2. The molecule has 0 atom stereocenters. The molecule has 0 spiro atoms. The fourth-order valence-electron chi connectivity index (χ4n) is 0.520. The topological polar surface area (TPSA) is 183 Å². The van der Waals surface area contributed by atoms with E-state index < -0.39 is 23.9 Å². The Morgan fingerprint density at radius 2 is 0.692 bits per heavy atom. The molecule has 0 amide bonds. The molecule has 0 radical (unpaired) electrons. The van der Waals surface area contributed by atoms with Gasteiger partial charge in [0.15, 0.2) is 11.6 Å². The van der Waals surface area contributed by atoms with Crippen LogP contribution in [0.2, 0.25) is 0 Å². The Bertz CT molecular complexity index is 458. The first-order chi connectivity index (χ1) is 11.9. The van der Waals surface area contributed by atoms with Crippen molar-refractivity contribution in [1.82, 2.24) is 0 Å². The number of ketones is 2. The van der Waals surface area contributed by atoms with Gasteiger partial charge >= 0.3 is 46.1 Å². The van der Waals surface area contributed by atoms with E-state index in [-0.39, 0.29) is 11.6 Å². The second-order valence-electron chi connectivity index (χ2n) is 3.57. The van der Waals surface area contributed by atoms with Gasteiger partial charge < -0.3 is 20.4 Å². The van der Waals surface area contributed by atoms with Crippen molar-refractivity contribution in [2.45, 2.75) is 13.8 Å². The summed E-state index contributed by atoms with van der Waals surface area (Å²) in [6.07, 6.45) is 4.74. The van der Waals surface area contributed by atoms with Crippen LogP contribution in [0.1, 0.15) is 13.8 Å². The zero-order chi connectivity index (χ0) is 21.7. The molecule has 0 rings (SSSR count). The van der Waals surface area contributed by atoms with E-state index in [1.807, 2.05) is 0 Å². The number of rotatable bonds is 6. The van der Waals surface area contributed by atoms with E-state index in [9.17, 15) is 28.8 Å². The molecule has 26 heavy (non-hydrogen) atoms. The second kappa shape index (κ2) is 21.9. The minimum atomic E-state index is -1.26. The van der Waals surface area contributed by atoms with Gasteiger partial charge in [-0.2, -0.15) is 0 Å². The number of carbonyl (C=O) groups is 6. The molecule has 0 unspecified atom stereocenters. The summed E-state index contributed by atoms with van der Waals surface area (Å²) in [7, 11) is 0. The van der Waals surface area contributed by atoms with Crippen LogP contribution in [0, 0.1) is 0 Å². The zero-order valence-electron chi connectivity index (χ0n) is 13.9. The van der Waals surface area contributed by atoms with Crippen LogP contribution in [0.15, 0.2) is 36.5 Å². The van der Waals surface area contributed by atoms with Crippen molar-refractivity contribution in [1.29, 1.82) is 0 Å². The van der Waals surface area contributed by atoms with Crippen LogP contribution >= 0.6 is 0 Å². The summed E-state index contributed by atoms with van der Waals surface area (Å²) in [6.45, 7) is 2.58. The van der Waals surface area contributed by atoms with Crippen molar-refractivity contribution in [2.24, 2.45) is 0 Å². The van der Waals surface area contributed by atoms with E-state index in [0.29, 0.717) is 12.2 Å². The molecule has 143 valence electrons. The summed E-state index contributed by atoms with van der Waals surface area (Å²) in [5, 5.41) is 34.7. The van der Waals surface area contributed by atoms with Crippen LogP contribution < -0.4 is 0 Å². The number of hydrogen-bond acceptors (Lipinski definition) is 6. The Labute approximate surface area is 157 Å². The first-order valence-electron chi connectivity index (χ1n) is 6.17. The van der Waals surface area contributed by atoms with Crippen molar-refractivity contribution in [3.8, 4) is 0 Å². The first kappa shape index (κ1) is 30.7. The number of aliphatic carboxylic acids is 4. The summed E-state index contributed by atoms with van der Waals surface area (Å²) in [5.41, 5.74) is 0. The van der Waals surface area contributed by atoms with Gasteiger partial charge in [-0.15, -0.1) is 0 Å². The average Bonchev–Trinajstić information content (AvgIpc) is 2.52. The predicted octanol–water partition coefficient (Wildman–Crippen LogP) is 0.109. The number of carboxylic acids is 4. The number of hydrogen-bond donors (Lipinski definition) is 4. The van der Waals surface area contributed by atoms with Crippen LogP contribution in [0.3, 0.4) is 0 Å². The molecule has 11 heteroatoms. The molecule has 0 aromatic heterocycles. The van der Waals surface area contributed by atoms with Crippen molar-refractivity contribution in [3.63, 3.8) is 0 Å². The third-order valence-electron chi connectivity index (χ3n) is 1.29. The third kappa shape index (κ3) is 58.5. The van der Waals surface area contributed by atoms with Crippen molar-refractivity contribution < 1.29 is 66.2 Å². The first-order valence-corrected chi connectivity index (χ1v) is 7.16. The molecule has 0 aliphatic heterocycles. The molecule has 10 nitrogen and oxygen atoms in total. The van der Waals surface area contributed by atoms with Gasteiger partial charge in [0.25, 0.3) is 0 Å². The van der Waals surface area contributed by atoms with Gasteiger partial charge in [-0.1, -0.05) is 0 Å². The molecule has 0 saturated heterocycles. The molecule has 0 aromatic rings. The Kier molecular flexibility index (Phi) is 25.9. The molecule has 0 aliphatic carbocycles. The number of allylic oxidation sites excluding steroid dienone is 2. The van der Waals surface area contributed by atoms with Crippen LogP contribution in [0.25, 0.3) is 0 Å². The van der Waals surface area contributed by atoms with Crippen LogP contribution in [-0.2, 0) is 45.7 Å². The maximum atomic E-state index is 10.00. The van der Waals surface area contributed by atoms with Gasteiger partial charge in [-0.25, -0.2) is 19.2 Å². The SMILES string of the molecule is CC(=O)/C=C/C(=O)O.CC(=O)/C=C/C(=O)O.O=C(O)/C=C/C(=O)O.[CH2]=[V]. The van der Waals surface area contributed by atoms with E-state index >= 15 is 0 Å². The van der Waals surface area contributed by atoms with E-state index in [0.717, 1.165) is 24.3 Å². The van der Waals surface area contributed by atoms with E-state index in [1.54, 1.807) is 0 Å². The van der Waals surface area contributed by atoms with E-state index in [2.05, 4.69) is 22.2 Å². The fourth-order valence-corrected chi connectivity index (χ4v) is 0.520. The Hall–Kier alpha value is -3.11. The third-order valence-corrected chi connectivity index (χ3v) is 1.29. The Morgan fingerprint density at radius 1 is 0.538 bits per heavy atom. The van der Waals surface area contributed by atoms with E-state index in [1.165, 1.54) is 13.8 Å². The molecule has 4 N–H and O–H groups in total. The molecule has 0 bridgehead atoms. The number of carboxylic acid groups (broad SMARTS) is 4. The standard InChI is InChI=1S/2C5H6O3.C4H4O4.CH2.V/c2*1-4(6)2-3-5(7)8;5-3(6)1-2-4(7)8;;/h2*2-3H,1H3,(H,7,8);1-2H,(H,5,6)(H,7,8);1H2;/b2*3-2+;2-1+;;. The van der Waals surface area contributed by atoms with Gasteiger partial charge in [0.2, 0.25) is 0 Å². The van der Waals surface area contributed by atoms with Crippen LogP contribution in [-0.4, -0.2) is 61.1 Å². The average molecular weight is 409 g/mol. The maximum absolute atomic E-state index is 10.00. The summed E-state index contributed by atoms with van der Waals surface area (Å²) >= 11 is 2.06. The van der Waals surface area contributed by atoms with Crippen LogP contribution in [0.4, 0.5) is 0 Å². The fraction of sp³-hybridized carbons (Fsp3) is 0.133. The van der Waals surface area contributed by atoms with Crippen molar-refractivity contribution in [2.75, 3.05) is 0 Å². The molecule has 0 aromatic carbocycles. The monoisotopic (exact) mass is 409 g/mol. The van der Waals surface area contributed by atoms with Crippen molar-refractivity contribution in [3.05, 3.63) is 36.5 Å². The van der Waals surface area contributed by atoms with Crippen molar-refractivity contribution >= 4 is 40.7 Å². The zero-order valence-corrected chi connectivity index (χ0v) is 15.3. The van der Waals surface area contributed by atoms with E-state index in [4.69, 9.17) is 20.4 Å². The predicted molar refractivity (Wildman–Crippen MR) is 86.4 cm³/mol. The summed E-state index contributed by atoms with van der Waals surface area (Å²) < 4.78 is 0. The van der Waals surface area contributed by atoms with Crippen LogP contribution in [0.5, 0.6) is 0 Å². The Morgan fingerprint density at radius 3 is 0.769 bits per heavy atom. The van der Waals surface area contributed by atoms with Gasteiger partial charge in [0, 0.05) is 24.3 Å². The molecule has 0 heterocycles. The molecular formula is C15H18O10V. The molecule has 0 saturated carbocycles. The minimum absolute atomic E-state index is 0.257. The summed E-state index contributed by atoms with van der Waals surface area (Å²) in [5.74, 6) is -5.22. The van der Waals surface area contributed by atoms with Gasteiger partial charge in [-0.05, 0) is 26.0 Å². The molecule has 0 aliphatic rings. The quantitative estimate of drug-likeness (QED) is 0.439.